The molecular weight excluding hydrogens is 376 g/mol. The van der Waals surface area contributed by atoms with Crippen LogP contribution in [0.4, 0.5) is 5.13 Å². The predicted molar refractivity (Wildman–Crippen MR) is 104 cm³/mol. The molecule has 0 radical (unpaired) electrons. The predicted octanol–water partition coefficient (Wildman–Crippen LogP) is 4.77. The summed E-state index contributed by atoms with van der Waals surface area (Å²) in [6.45, 7) is 1.77. The fourth-order valence-corrected chi connectivity index (χ4v) is 5.49. The Hall–Kier alpha value is -1.47. The van der Waals surface area contributed by atoms with Crippen molar-refractivity contribution in [2.24, 2.45) is 5.92 Å². The second-order valence-corrected chi connectivity index (χ2v) is 8.76. The molecule has 3 heterocycles. The molecule has 0 spiro atoms. The number of fused-ring (bicyclic) bond motifs is 1. The number of anilines is 1. The van der Waals surface area contributed by atoms with Crippen LogP contribution in [0.1, 0.15) is 34.2 Å². The molecule has 1 aliphatic rings. The lowest BCUT2D eigenvalue weighted by Gasteiger charge is -2.34. The molecule has 4 rings (SSSR count). The minimum atomic E-state index is -0.450. The number of piperidine rings is 1. The van der Waals surface area contributed by atoms with Crippen molar-refractivity contribution in [1.29, 1.82) is 0 Å². The van der Waals surface area contributed by atoms with Gasteiger partial charge in [-0.1, -0.05) is 35.1 Å². The number of aldehydes is 1. The van der Waals surface area contributed by atoms with Gasteiger partial charge in [0.15, 0.2) is 11.4 Å². The first-order chi connectivity index (χ1) is 12.1. The van der Waals surface area contributed by atoms with Crippen molar-refractivity contribution in [2.75, 3.05) is 18.0 Å². The van der Waals surface area contributed by atoms with Crippen molar-refractivity contribution in [1.82, 2.24) is 4.98 Å². The van der Waals surface area contributed by atoms with Gasteiger partial charge in [0.2, 0.25) is 0 Å². The standard InChI is InChI=1S/C18H17ClN2O2S2/c19-13-3-1-11(2-4-13)16(23)12-5-7-21(8-6-12)18-20-17-15(25-18)9-14(10-22)24-17/h1-4,9-10,12,16,23H,5-8H2. The highest BCUT2D eigenvalue weighted by molar-refractivity contribution is 7.29. The maximum absolute atomic E-state index is 10.8. The minimum Gasteiger partial charge on any atom is -0.388 e. The van der Waals surface area contributed by atoms with Crippen LogP contribution in [0, 0.1) is 5.92 Å². The summed E-state index contributed by atoms with van der Waals surface area (Å²) in [6, 6.07) is 9.36. The van der Waals surface area contributed by atoms with E-state index in [4.69, 9.17) is 11.6 Å². The Labute approximate surface area is 158 Å². The number of aromatic nitrogens is 1. The molecule has 1 aliphatic heterocycles. The molecule has 0 aliphatic carbocycles. The van der Waals surface area contributed by atoms with Gasteiger partial charge in [-0.05, 0) is 42.5 Å². The summed E-state index contributed by atoms with van der Waals surface area (Å²) < 4.78 is 1.07. The zero-order chi connectivity index (χ0) is 17.4. The lowest BCUT2D eigenvalue weighted by atomic mass is 9.87. The van der Waals surface area contributed by atoms with Crippen molar-refractivity contribution in [3.05, 3.63) is 45.8 Å². The fourth-order valence-electron chi connectivity index (χ4n) is 3.27. The first-order valence-electron chi connectivity index (χ1n) is 8.18. The normalized spacial score (nSPS) is 17.1. The van der Waals surface area contributed by atoms with Crippen molar-refractivity contribution in [3.8, 4) is 0 Å². The highest BCUT2D eigenvalue weighted by Crippen LogP contribution is 2.37. The summed E-state index contributed by atoms with van der Waals surface area (Å²) in [4.78, 5) is 19.5. The Bertz CT molecular complexity index is 851. The lowest BCUT2D eigenvalue weighted by Crippen LogP contribution is -2.35. The molecule has 3 aromatic rings. The third kappa shape index (κ3) is 3.44. The SMILES string of the molecule is O=Cc1cc2sc(N3CCC(C(O)c4ccc(Cl)cc4)CC3)nc2s1. The average molecular weight is 393 g/mol. The van der Waals surface area contributed by atoms with E-state index < -0.39 is 6.10 Å². The fraction of sp³-hybridized carbons (Fsp3) is 0.333. The summed E-state index contributed by atoms with van der Waals surface area (Å²) >= 11 is 9.00. The monoisotopic (exact) mass is 392 g/mol. The molecule has 0 bridgehead atoms. The lowest BCUT2D eigenvalue weighted by molar-refractivity contribution is 0.0930. The molecule has 130 valence electrons. The number of carbonyl (C=O) groups is 1. The van der Waals surface area contributed by atoms with Crippen molar-refractivity contribution in [2.45, 2.75) is 18.9 Å². The number of benzene rings is 1. The van der Waals surface area contributed by atoms with Gasteiger partial charge < -0.3 is 10.0 Å². The van der Waals surface area contributed by atoms with Gasteiger partial charge in [-0.2, -0.15) is 0 Å². The number of aliphatic hydroxyl groups excluding tert-OH is 1. The highest BCUT2D eigenvalue weighted by Gasteiger charge is 2.27. The van der Waals surface area contributed by atoms with E-state index in [0.717, 1.165) is 57.3 Å². The van der Waals surface area contributed by atoms with Crippen LogP contribution in [-0.4, -0.2) is 29.5 Å². The zero-order valence-electron chi connectivity index (χ0n) is 13.4. The Morgan fingerprint density at radius 2 is 1.96 bits per heavy atom. The van der Waals surface area contributed by atoms with Crippen LogP contribution < -0.4 is 4.90 Å². The molecule has 1 N–H and O–H groups in total. The van der Waals surface area contributed by atoms with Gasteiger partial charge in [-0.15, -0.1) is 11.3 Å². The summed E-state index contributed by atoms with van der Waals surface area (Å²) in [5, 5.41) is 12.3. The molecule has 1 unspecified atom stereocenters. The van der Waals surface area contributed by atoms with Gasteiger partial charge in [0.25, 0.3) is 0 Å². The third-order valence-electron chi connectivity index (χ3n) is 4.68. The van der Waals surface area contributed by atoms with Crippen LogP contribution in [0.3, 0.4) is 0 Å². The van der Waals surface area contributed by atoms with Crippen LogP contribution in [0.5, 0.6) is 0 Å². The van der Waals surface area contributed by atoms with E-state index in [1.807, 2.05) is 30.3 Å². The molecule has 0 amide bonds. The number of nitrogens with zero attached hydrogens (tertiary/aromatic N) is 2. The number of thiazole rings is 1. The van der Waals surface area contributed by atoms with Crippen LogP contribution >= 0.6 is 34.3 Å². The van der Waals surface area contributed by atoms with E-state index >= 15 is 0 Å². The van der Waals surface area contributed by atoms with E-state index in [2.05, 4.69) is 9.88 Å². The summed E-state index contributed by atoms with van der Waals surface area (Å²) in [6.07, 6.45) is 2.28. The van der Waals surface area contributed by atoms with Crippen molar-refractivity contribution in [3.63, 3.8) is 0 Å². The zero-order valence-corrected chi connectivity index (χ0v) is 15.8. The molecule has 0 saturated carbocycles. The van der Waals surface area contributed by atoms with Gasteiger partial charge in [0.05, 0.1) is 15.7 Å². The average Bonchev–Trinajstić information content (AvgIpc) is 3.20. The quantitative estimate of drug-likeness (QED) is 0.649. The van der Waals surface area contributed by atoms with Crippen LogP contribution in [0.15, 0.2) is 30.3 Å². The van der Waals surface area contributed by atoms with Gasteiger partial charge in [-0.3, -0.25) is 4.79 Å². The minimum absolute atomic E-state index is 0.250. The van der Waals surface area contributed by atoms with E-state index in [-0.39, 0.29) is 5.92 Å². The Morgan fingerprint density at radius 1 is 1.24 bits per heavy atom. The first kappa shape index (κ1) is 17.0. The largest absolute Gasteiger partial charge is 0.388 e. The van der Waals surface area contributed by atoms with E-state index in [1.54, 1.807) is 11.3 Å². The molecule has 7 heteroatoms. The van der Waals surface area contributed by atoms with Gasteiger partial charge in [0.1, 0.15) is 4.83 Å². The molecule has 1 saturated heterocycles. The Morgan fingerprint density at radius 3 is 2.60 bits per heavy atom. The molecule has 1 aromatic carbocycles. The molecule has 2 aromatic heterocycles. The van der Waals surface area contributed by atoms with E-state index in [9.17, 15) is 9.90 Å². The highest BCUT2D eigenvalue weighted by atomic mass is 35.5. The van der Waals surface area contributed by atoms with Gasteiger partial charge in [-0.25, -0.2) is 4.98 Å². The Kier molecular flexibility index (Phi) is 4.78. The molecule has 25 heavy (non-hydrogen) atoms. The van der Waals surface area contributed by atoms with Crippen LogP contribution in [0.25, 0.3) is 9.53 Å². The smallest absolute Gasteiger partial charge is 0.187 e. The molecular formula is C18H17ClN2O2S2. The molecule has 4 nitrogen and oxygen atoms in total. The molecule has 1 fully saturated rings. The number of aliphatic hydroxyl groups is 1. The number of halogens is 1. The van der Waals surface area contributed by atoms with Crippen LogP contribution in [0.2, 0.25) is 5.02 Å². The second kappa shape index (κ2) is 7.03. The summed E-state index contributed by atoms with van der Waals surface area (Å²) in [5.41, 5.74) is 0.930. The first-order valence-corrected chi connectivity index (χ1v) is 10.2. The Balaban J connectivity index is 1.42. The maximum atomic E-state index is 10.8. The summed E-state index contributed by atoms with van der Waals surface area (Å²) in [7, 11) is 0. The molecule has 1 atom stereocenters. The van der Waals surface area contributed by atoms with E-state index in [0.29, 0.717) is 5.02 Å². The van der Waals surface area contributed by atoms with Crippen molar-refractivity contribution < 1.29 is 9.90 Å². The van der Waals surface area contributed by atoms with E-state index in [1.165, 1.54) is 11.3 Å². The number of hydrogen-bond acceptors (Lipinski definition) is 6. The van der Waals surface area contributed by atoms with Gasteiger partial charge >= 0.3 is 0 Å². The third-order valence-corrected chi connectivity index (χ3v) is 7.08. The summed E-state index contributed by atoms with van der Waals surface area (Å²) in [5.74, 6) is 0.250. The maximum Gasteiger partial charge on any atom is 0.187 e. The second-order valence-electron chi connectivity index (χ2n) is 6.25. The number of thiophene rings is 1. The number of carbonyl (C=O) groups excluding carboxylic acids is 1. The van der Waals surface area contributed by atoms with Gasteiger partial charge in [0, 0.05) is 18.1 Å². The number of rotatable bonds is 4. The number of hydrogen-bond donors (Lipinski definition) is 1. The van der Waals surface area contributed by atoms with Crippen LogP contribution in [-0.2, 0) is 0 Å². The van der Waals surface area contributed by atoms with Crippen molar-refractivity contribution >= 4 is 55.2 Å². The topological polar surface area (TPSA) is 53.4 Å².